The van der Waals surface area contributed by atoms with E-state index in [2.05, 4.69) is 37.2 Å². The van der Waals surface area contributed by atoms with Gasteiger partial charge in [0.15, 0.2) is 17.3 Å². The highest BCUT2D eigenvalue weighted by Crippen LogP contribution is 2.30. The number of nitrogens with zero attached hydrogens (tertiary/aromatic N) is 3. The Bertz CT molecular complexity index is 1330. The number of fused-ring (bicyclic) bond motifs is 1. The van der Waals surface area contributed by atoms with Crippen LogP contribution in [0, 0.1) is 23.5 Å². The van der Waals surface area contributed by atoms with Gasteiger partial charge >= 0.3 is 0 Å². The smallest absolute Gasteiger partial charge is 0.272 e. The monoisotopic (exact) mass is 505 g/mol. The van der Waals surface area contributed by atoms with Crippen LogP contribution in [0.2, 0.25) is 0 Å². The zero-order chi connectivity index (χ0) is 25.8. The second-order valence-electron chi connectivity index (χ2n) is 10.1. The lowest BCUT2D eigenvalue weighted by atomic mass is 9.99. The molecule has 37 heavy (non-hydrogen) atoms. The van der Waals surface area contributed by atoms with Crippen LogP contribution in [-0.2, 0) is 6.54 Å². The summed E-state index contributed by atoms with van der Waals surface area (Å²) in [7, 11) is 0. The lowest BCUT2D eigenvalue weighted by Gasteiger charge is -2.30. The summed E-state index contributed by atoms with van der Waals surface area (Å²) >= 11 is 0. The maximum Gasteiger partial charge on any atom is 0.272 e. The molecule has 2 aromatic carbocycles. The Hall–Kier alpha value is -3.28. The lowest BCUT2D eigenvalue weighted by Crippen LogP contribution is -2.44. The Labute approximate surface area is 216 Å². The minimum Gasteiger partial charge on any atom is -0.348 e. The van der Waals surface area contributed by atoms with E-state index < -0.39 is 11.6 Å². The number of rotatable bonds is 6. The first-order valence-corrected chi connectivity index (χ1v) is 13.1. The third-order valence-corrected chi connectivity index (χ3v) is 7.43. The Kier molecular flexibility index (Phi) is 7.82. The number of nitrogens with one attached hydrogen (secondary N) is 2. The van der Waals surface area contributed by atoms with Crippen molar-refractivity contribution in [2.75, 3.05) is 32.7 Å². The molecule has 0 bridgehead atoms. The predicted molar refractivity (Wildman–Crippen MR) is 141 cm³/mol. The van der Waals surface area contributed by atoms with Gasteiger partial charge in [-0.2, -0.15) is 5.10 Å². The zero-order valence-corrected chi connectivity index (χ0v) is 21.2. The first-order chi connectivity index (χ1) is 18.0. The number of piperidine rings is 2. The highest BCUT2D eigenvalue weighted by Gasteiger charge is 2.23. The molecule has 2 aliphatic rings. The second-order valence-corrected chi connectivity index (χ2v) is 10.1. The summed E-state index contributed by atoms with van der Waals surface area (Å²) < 4.78 is 29.6. The maximum absolute atomic E-state index is 14.9. The first kappa shape index (κ1) is 25.4. The zero-order valence-electron chi connectivity index (χ0n) is 21.2. The van der Waals surface area contributed by atoms with Gasteiger partial charge < -0.3 is 5.32 Å². The van der Waals surface area contributed by atoms with Crippen molar-refractivity contribution < 1.29 is 13.6 Å². The number of aromatic amines is 1. The van der Waals surface area contributed by atoms with Crippen LogP contribution in [-0.4, -0.2) is 64.7 Å². The van der Waals surface area contributed by atoms with E-state index in [1.807, 2.05) is 6.92 Å². The van der Waals surface area contributed by atoms with Crippen LogP contribution in [0.3, 0.4) is 0 Å². The molecule has 1 aromatic heterocycles. The summed E-state index contributed by atoms with van der Waals surface area (Å²) in [6.45, 7) is 6.88. The van der Waals surface area contributed by atoms with E-state index in [1.54, 1.807) is 24.3 Å². The number of likely N-dealkylation sites (tertiary alicyclic amines) is 2. The Morgan fingerprint density at radius 2 is 1.86 bits per heavy atom. The van der Waals surface area contributed by atoms with E-state index in [4.69, 9.17) is 0 Å². The average Bonchev–Trinajstić information content (AvgIpc) is 3.34. The number of hydrogen-bond acceptors (Lipinski definition) is 4. The first-order valence-electron chi connectivity index (χ1n) is 13.1. The molecular formula is C29H33F2N5O. The van der Waals surface area contributed by atoms with Crippen molar-refractivity contribution in [2.24, 2.45) is 0 Å². The third-order valence-electron chi connectivity index (χ3n) is 7.43. The van der Waals surface area contributed by atoms with Crippen LogP contribution in [0.5, 0.6) is 0 Å². The standard InChI is InChI=1S/C29H33F2N5O/c1-2-3-11-35-14-9-22(10-15-35)32-29(37)28-24-18-21(7-8-26(24)33-34-28)23-16-20(17-25(30)27(23)31)19-36-12-5-4-6-13-36/h7-8,16-18,22H,4-6,9-15,19H2,1H3,(H,32,37)(H,33,34). The molecule has 194 valence electrons. The van der Waals surface area contributed by atoms with Gasteiger partial charge in [0.2, 0.25) is 0 Å². The van der Waals surface area contributed by atoms with Gasteiger partial charge in [0.1, 0.15) is 0 Å². The number of carbonyl (C=O) groups is 1. The molecule has 0 unspecified atom stereocenters. The minimum absolute atomic E-state index is 0.0614. The topological polar surface area (TPSA) is 64.3 Å². The number of amides is 1. The fourth-order valence-corrected chi connectivity index (χ4v) is 5.36. The van der Waals surface area contributed by atoms with Gasteiger partial charge in [0.25, 0.3) is 5.91 Å². The van der Waals surface area contributed by atoms with Crippen LogP contribution in [0.4, 0.5) is 8.78 Å². The normalized spacial score (nSPS) is 17.5. The summed E-state index contributed by atoms with van der Waals surface area (Å²) in [5.41, 5.74) is 2.40. The number of carbonyl (C=O) groups excluding carboxylic acids is 1. The van der Waals surface area contributed by atoms with E-state index in [1.165, 1.54) is 12.5 Å². The summed E-state index contributed by atoms with van der Waals surface area (Å²) in [4.78, 5) is 17.7. The van der Waals surface area contributed by atoms with Gasteiger partial charge in [-0.3, -0.25) is 19.7 Å². The molecule has 6 nitrogen and oxygen atoms in total. The number of H-pyrrole nitrogens is 1. The molecule has 5 rings (SSSR count). The minimum atomic E-state index is -0.879. The quantitative estimate of drug-likeness (QED) is 0.477. The molecular weight excluding hydrogens is 472 g/mol. The van der Waals surface area contributed by atoms with Crippen LogP contribution in [0.25, 0.3) is 22.0 Å². The van der Waals surface area contributed by atoms with Gasteiger partial charge in [-0.15, -0.1) is 5.92 Å². The molecule has 3 heterocycles. The van der Waals surface area contributed by atoms with Crippen molar-refractivity contribution in [3.8, 4) is 23.0 Å². The van der Waals surface area contributed by atoms with Crippen molar-refractivity contribution in [3.05, 3.63) is 53.2 Å². The molecule has 3 aromatic rings. The highest BCUT2D eigenvalue weighted by atomic mass is 19.2. The molecule has 2 saturated heterocycles. The van der Waals surface area contributed by atoms with Crippen molar-refractivity contribution in [1.82, 2.24) is 25.3 Å². The van der Waals surface area contributed by atoms with Gasteiger partial charge in [0, 0.05) is 36.6 Å². The Balaban J connectivity index is 1.35. The molecule has 8 heteroatoms. The second kappa shape index (κ2) is 11.4. The molecule has 2 aliphatic heterocycles. The molecule has 0 radical (unpaired) electrons. The SMILES string of the molecule is CC#CCN1CCC(NC(=O)c2n[nH]c3ccc(-c4cc(CN5CCCCC5)cc(F)c4F)cc23)CC1. The number of halogens is 2. The summed E-state index contributed by atoms with van der Waals surface area (Å²) in [6, 6.07) is 8.30. The number of hydrogen-bond donors (Lipinski definition) is 2. The van der Waals surface area contributed by atoms with Crippen molar-refractivity contribution >= 4 is 16.8 Å². The van der Waals surface area contributed by atoms with Gasteiger partial charge in [0.05, 0.1) is 12.1 Å². The van der Waals surface area contributed by atoms with Crippen LogP contribution in [0.15, 0.2) is 30.3 Å². The molecule has 1 amide bonds. The average molecular weight is 506 g/mol. The lowest BCUT2D eigenvalue weighted by molar-refractivity contribution is 0.0911. The highest BCUT2D eigenvalue weighted by molar-refractivity contribution is 6.05. The van der Waals surface area contributed by atoms with Gasteiger partial charge in [-0.05, 0) is 81.1 Å². The number of aromatic nitrogens is 2. The maximum atomic E-state index is 14.9. The van der Waals surface area contributed by atoms with E-state index >= 15 is 0 Å². The molecule has 0 atom stereocenters. The van der Waals surface area contributed by atoms with E-state index in [-0.39, 0.29) is 23.2 Å². The Morgan fingerprint density at radius 3 is 2.62 bits per heavy atom. The third kappa shape index (κ3) is 5.84. The molecule has 0 aliphatic carbocycles. The van der Waals surface area contributed by atoms with E-state index in [0.29, 0.717) is 23.0 Å². The summed E-state index contributed by atoms with van der Waals surface area (Å²) in [5, 5.41) is 10.8. The van der Waals surface area contributed by atoms with Crippen molar-refractivity contribution in [2.45, 2.75) is 51.6 Å². The fraction of sp³-hybridized carbons (Fsp3) is 0.448. The summed E-state index contributed by atoms with van der Waals surface area (Å²) in [6.07, 6.45) is 5.17. The van der Waals surface area contributed by atoms with Crippen molar-refractivity contribution in [1.29, 1.82) is 0 Å². The fourth-order valence-electron chi connectivity index (χ4n) is 5.36. The van der Waals surface area contributed by atoms with E-state index in [9.17, 15) is 13.6 Å². The van der Waals surface area contributed by atoms with Gasteiger partial charge in [-0.1, -0.05) is 18.4 Å². The molecule has 0 saturated carbocycles. The van der Waals surface area contributed by atoms with Crippen LogP contribution < -0.4 is 5.32 Å². The van der Waals surface area contributed by atoms with Crippen LogP contribution >= 0.6 is 0 Å². The van der Waals surface area contributed by atoms with Gasteiger partial charge in [-0.25, -0.2) is 8.78 Å². The molecule has 0 spiro atoms. The number of benzene rings is 2. The largest absolute Gasteiger partial charge is 0.348 e. The Morgan fingerprint density at radius 1 is 1.08 bits per heavy atom. The van der Waals surface area contributed by atoms with Crippen molar-refractivity contribution in [3.63, 3.8) is 0 Å². The molecule has 2 fully saturated rings. The summed E-state index contributed by atoms with van der Waals surface area (Å²) in [5.74, 6) is 4.01. The predicted octanol–water partition coefficient (Wildman–Crippen LogP) is 4.71. The van der Waals surface area contributed by atoms with E-state index in [0.717, 1.165) is 64.0 Å². The molecule has 2 N–H and O–H groups in total. The van der Waals surface area contributed by atoms with Crippen LogP contribution in [0.1, 0.15) is 55.1 Å².